The maximum Gasteiger partial charge on any atom is 0.120 e. The number of aryl methyl sites for hydroxylation is 2. The Kier molecular flexibility index (Phi) is 11.0. The summed E-state index contributed by atoms with van der Waals surface area (Å²) >= 11 is -1.86. The van der Waals surface area contributed by atoms with E-state index >= 15 is 0 Å². The molecule has 0 saturated carbocycles. The van der Waals surface area contributed by atoms with Gasteiger partial charge in [0, 0.05) is 31.2 Å². The molecule has 0 bridgehead atoms. The van der Waals surface area contributed by atoms with E-state index in [1.165, 1.54) is 27.5 Å². The largest absolute Gasteiger partial charge is 0.501 e. The average Bonchev–Trinajstić information content (AvgIpc) is 3.72. The van der Waals surface area contributed by atoms with Gasteiger partial charge in [0.15, 0.2) is 0 Å². The molecule has 0 amide bonds. The van der Waals surface area contributed by atoms with Crippen LogP contribution in [0.3, 0.4) is 0 Å². The Labute approximate surface area is 340 Å². The number of fused-ring (bicyclic) bond motifs is 5. The van der Waals surface area contributed by atoms with Crippen molar-refractivity contribution in [2.24, 2.45) is 5.92 Å². The van der Waals surface area contributed by atoms with Crippen LogP contribution >= 0.6 is 0 Å². The molecule has 9 rings (SSSR count). The van der Waals surface area contributed by atoms with Crippen molar-refractivity contribution in [3.05, 3.63) is 156 Å². The predicted octanol–water partition coefficient (Wildman–Crippen LogP) is 12.5. The van der Waals surface area contributed by atoms with Crippen LogP contribution in [0.4, 0.5) is 0 Å². The summed E-state index contributed by atoms with van der Waals surface area (Å²) in [7, 11) is 0. The Morgan fingerprint density at radius 1 is 0.745 bits per heavy atom. The van der Waals surface area contributed by atoms with Gasteiger partial charge in [-0.2, -0.15) is 0 Å². The van der Waals surface area contributed by atoms with Crippen LogP contribution in [-0.2, 0) is 26.5 Å². The van der Waals surface area contributed by atoms with Crippen molar-refractivity contribution in [1.82, 2.24) is 14.5 Å². The number of pyridine rings is 1. The Morgan fingerprint density at radius 2 is 1.45 bits per heavy atom. The number of rotatable bonds is 6. The van der Waals surface area contributed by atoms with Crippen LogP contribution in [0.15, 0.2) is 132 Å². The van der Waals surface area contributed by atoms with Crippen LogP contribution < -0.4 is 4.40 Å². The van der Waals surface area contributed by atoms with Crippen LogP contribution in [0.25, 0.3) is 72.1 Å². The van der Waals surface area contributed by atoms with Crippen molar-refractivity contribution in [2.75, 3.05) is 0 Å². The van der Waals surface area contributed by atoms with Crippen LogP contribution in [0.5, 0.6) is 0 Å². The minimum absolute atomic E-state index is 0. The van der Waals surface area contributed by atoms with E-state index in [-0.39, 0.29) is 20.1 Å². The molecule has 1 radical (unpaired) electrons. The zero-order valence-electron chi connectivity index (χ0n) is 32.5. The molecule has 0 saturated heterocycles. The molecule has 0 fully saturated rings. The first-order chi connectivity index (χ1) is 26.1. The Hall–Kier alpha value is -4.81. The van der Waals surface area contributed by atoms with Gasteiger partial charge in [-0.3, -0.25) is 4.98 Å². The molecule has 6 aromatic carbocycles. The van der Waals surface area contributed by atoms with Crippen molar-refractivity contribution in [3.63, 3.8) is 0 Å². The summed E-state index contributed by atoms with van der Waals surface area (Å²) in [5, 5.41) is 4.56. The normalized spacial score (nSPS) is 11.6. The molecule has 277 valence electrons. The SMILES string of the molecule is CC(C)Cc1cc(-c2[c-]cccc2)nc[c]1[Ge]([CH3])([CH3])[CH3].Cc1cccc(C)c1-n1c(-c2[c-]ccc3c2oc2ccccc23)nc2cc3ccccc3cc21.[Ir]. The van der Waals surface area contributed by atoms with E-state index in [0.717, 1.165) is 67.7 Å². The fourth-order valence-electron chi connectivity index (χ4n) is 7.65. The first-order valence-corrected chi connectivity index (χ1v) is 26.2. The summed E-state index contributed by atoms with van der Waals surface area (Å²) in [6.07, 6.45) is 3.27. The number of benzene rings is 6. The number of nitrogens with zero attached hydrogens (tertiary/aromatic N) is 3. The van der Waals surface area contributed by atoms with Gasteiger partial charge in [0.2, 0.25) is 0 Å². The van der Waals surface area contributed by atoms with E-state index in [9.17, 15) is 0 Å². The van der Waals surface area contributed by atoms with Gasteiger partial charge in [-0.05, 0) is 53.9 Å². The Balaban J connectivity index is 0.000000191. The van der Waals surface area contributed by atoms with Crippen molar-refractivity contribution < 1.29 is 24.5 Å². The van der Waals surface area contributed by atoms with E-state index in [4.69, 9.17) is 14.4 Å². The number of imidazole rings is 1. The van der Waals surface area contributed by atoms with Crippen LogP contribution in [0.1, 0.15) is 30.5 Å². The minimum Gasteiger partial charge on any atom is -0.501 e. The van der Waals surface area contributed by atoms with Crippen LogP contribution in [0, 0.1) is 31.9 Å². The predicted molar refractivity (Wildman–Crippen MR) is 230 cm³/mol. The monoisotopic (exact) mass is 958 g/mol. The maximum absolute atomic E-state index is 6.38. The molecule has 0 N–H and O–H groups in total. The molecule has 4 nitrogen and oxygen atoms in total. The summed E-state index contributed by atoms with van der Waals surface area (Å²) in [6, 6.07) is 48.6. The van der Waals surface area contributed by atoms with Gasteiger partial charge < -0.3 is 8.98 Å². The number of furan rings is 1. The van der Waals surface area contributed by atoms with Crippen molar-refractivity contribution >= 4 is 61.4 Å². The topological polar surface area (TPSA) is 43.9 Å². The molecule has 0 spiro atoms. The molecule has 0 unspecified atom stereocenters. The van der Waals surface area contributed by atoms with Gasteiger partial charge in [-0.1, -0.05) is 71.6 Å². The molecule has 0 aliphatic heterocycles. The van der Waals surface area contributed by atoms with Crippen LogP contribution in [0.2, 0.25) is 17.3 Å². The minimum atomic E-state index is -1.86. The van der Waals surface area contributed by atoms with Gasteiger partial charge in [0.1, 0.15) is 5.58 Å². The van der Waals surface area contributed by atoms with Gasteiger partial charge in [0.25, 0.3) is 0 Å². The van der Waals surface area contributed by atoms with Gasteiger partial charge >= 0.3 is 126 Å². The van der Waals surface area contributed by atoms with Gasteiger partial charge in [0.05, 0.1) is 22.4 Å². The van der Waals surface area contributed by atoms with Crippen LogP contribution in [-0.4, -0.2) is 27.8 Å². The van der Waals surface area contributed by atoms with Crippen molar-refractivity contribution in [3.8, 4) is 28.3 Å². The number of hydrogen-bond acceptors (Lipinski definition) is 3. The summed E-state index contributed by atoms with van der Waals surface area (Å²) < 4.78 is 10.2. The first kappa shape index (κ1) is 38.5. The Morgan fingerprint density at radius 3 is 2.16 bits per heavy atom. The fraction of sp³-hybridized carbons (Fsp3) is 0.184. The summed E-state index contributed by atoms with van der Waals surface area (Å²) in [5.74, 6) is 8.83. The molecule has 3 heterocycles. The molecular weight excluding hydrogens is 911 g/mol. The second kappa shape index (κ2) is 15.7. The molecule has 9 aromatic rings. The zero-order valence-corrected chi connectivity index (χ0v) is 37.0. The molecule has 0 aliphatic rings. The summed E-state index contributed by atoms with van der Waals surface area (Å²) in [6.45, 7) is 8.89. The van der Waals surface area contributed by atoms with Gasteiger partial charge in [-0.25, -0.2) is 0 Å². The van der Waals surface area contributed by atoms with E-state index in [1.54, 1.807) is 4.40 Å². The molecule has 0 aliphatic carbocycles. The zero-order chi connectivity index (χ0) is 37.6. The number of para-hydroxylation sites is 2. The third-order valence-electron chi connectivity index (χ3n) is 10.2. The smallest absolute Gasteiger partial charge is 0.120 e. The van der Waals surface area contributed by atoms with Crippen molar-refractivity contribution in [1.29, 1.82) is 0 Å². The fourth-order valence-corrected chi connectivity index (χ4v) is 11.0. The second-order valence-corrected chi connectivity index (χ2v) is 26.3. The van der Waals surface area contributed by atoms with E-state index in [2.05, 4.69) is 147 Å². The third-order valence-corrected chi connectivity index (χ3v) is 14.5. The molecule has 0 atom stereocenters. The summed E-state index contributed by atoms with van der Waals surface area (Å²) in [5.41, 5.74) is 11.8. The van der Waals surface area contributed by atoms with E-state index in [0.29, 0.717) is 5.92 Å². The second-order valence-electron chi connectivity index (χ2n) is 15.7. The average molecular weight is 957 g/mol. The number of aromatic nitrogens is 3. The quantitative estimate of drug-likeness (QED) is 0.123. The first-order valence-electron chi connectivity index (χ1n) is 18.8. The van der Waals surface area contributed by atoms with E-state index < -0.39 is 13.3 Å². The summed E-state index contributed by atoms with van der Waals surface area (Å²) in [4.78, 5) is 9.88. The van der Waals surface area contributed by atoms with E-state index in [1.807, 2.05) is 42.5 Å². The third kappa shape index (κ3) is 7.58. The maximum atomic E-state index is 6.38. The molecule has 55 heavy (non-hydrogen) atoms. The van der Waals surface area contributed by atoms with Gasteiger partial charge in [-0.15, -0.1) is 18.2 Å². The molecule has 3 aromatic heterocycles. The van der Waals surface area contributed by atoms with Crippen molar-refractivity contribution in [2.45, 2.75) is 51.4 Å². The molecular formula is C49H45GeIrN3O-2. The number of hydrogen-bond donors (Lipinski definition) is 0. The Bertz CT molecular complexity index is 2770. The standard InChI is InChI=1S/C31H21N2O.C18H24GeN.Ir/c1-19-9-7-10-20(2)29(19)33-27-18-22-12-4-3-11-21(22)17-26(27)32-31(33)25-15-8-14-24-23-13-5-6-16-28(23)34-30(24)25;1-14(2)11-16-12-18(15-9-7-6-8-10-15)20-13-17(16)19(3,4)5;/h3-14,16-18H,1-2H3;6-9,12-14H,11H2,1-5H3;/q2*-1;. The molecule has 6 heteroatoms.